The first-order valence-electron chi connectivity index (χ1n) is 6.71. The lowest BCUT2D eigenvalue weighted by atomic mass is 10.1. The van der Waals surface area contributed by atoms with E-state index in [1.165, 1.54) is 0 Å². The monoisotopic (exact) mass is 251 g/mol. The van der Waals surface area contributed by atoms with Gasteiger partial charge >= 0.3 is 0 Å². The number of aliphatic hydroxyl groups excluding tert-OH is 1. The van der Waals surface area contributed by atoms with Crippen molar-refractivity contribution in [3.05, 3.63) is 27.9 Å². The molecule has 0 radical (unpaired) electrons. The Morgan fingerprint density at radius 2 is 2.17 bits per heavy atom. The maximum absolute atomic E-state index is 12.2. The lowest BCUT2D eigenvalue weighted by Gasteiger charge is -2.16. The van der Waals surface area contributed by atoms with Crippen LogP contribution in [0.4, 0.5) is 0 Å². The second-order valence-corrected chi connectivity index (χ2v) is 4.73. The Morgan fingerprint density at radius 3 is 3.00 bits per heavy atom. The Kier molecular flexibility index (Phi) is 4.90. The van der Waals surface area contributed by atoms with E-state index in [1.54, 1.807) is 10.9 Å². The topological polar surface area (TPSA) is 67.2 Å². The van der Waals surface area contributed by atoms with Crippen molar-refractivity contribution < 1.29 is 5.11 Å². The Bertz CT molecular complexity index is 442. The van der Waals surface area contributed by atoms with Crippen molar-refractivity contribution in [2.24, 2.45) is 0 Å². The van der Waals surface area contributed by atoms with Crippen LogP contribution in [0.3, 0.4) is 0 Å². The molecule has 2 rings (SSSR count). The number of nitrogens with zero attached hydrogens (tertiary/aromatic N) is 2. The fourth-order valence-corrected chi connectivity index (χ4v) is 2.30. The Balaban J connectivity index is 1.95. The van der Waals surface area contributed by atoms with Gasteiger partial charge < -0.3 is 10.4 Å². The quantitative estimate of drug-likeness (QED) is 0.720. The first kappa shape index (κ1) is 13.2. The Labute approximate surface area is 107 Å². The lowest BCUT2D eigenvalue weighted by Crippen LogP contribution is -2.34. The van der Waals surface area contributed by atoms with Crippen LogP contribution in [0.1, 0.15) is 36.9 Å². The van der Waals surface area contributed by atoms with Crippen LogP contribution in [0, 0.1) is 0 Å². The van der Waals surface area contributed by atoms with Gasteiger partial charge in [-0.25, -0.2) is 4.98 Å². The minimum absolute atomic E-state index is 0.128. The molecule has 0 saturated carbocycles. The van der Waals surface area contributed by atoms with E-state index >= 15 is 0 Å². The van der Waals surface area contributed by atoms with Gasteiger partial charge in [-0.3, -0.25) is 9.36 Å². The number of aryl methyl sites for hydroxylation is 1. The van der Waals surface area contributed by atoms with Crippen LogP contribution in [0.5, 0.6) is 0 Å². The first-order valence-corrected chi connectivity index (χ1v) is 6.71. The zero-order valence-electron chi connectivity index (χ0n) is 10.7. The zero-order chi connectivity index (χ0) is 12.8. The van der Waals surface area contributed by atoms with Crippen molar-refractivity contribution in [1.29, 1.82) is 0 Å². The van der Waals surface area contributed by atoms with Crippen LogP contribution >= 0.6 is 0 Å². The Morgan fingerprint density at radius 1 is 1.33 bits per heavy atom. The van der Waals surface area contributed by atoms with Crippen LogP contribution in [0.2, 0.25) is 0 Å². The predicted octanol–water partition coefficient (Wildman–Crippen LogP) is 0.442. The highest BCUT2D eigenvalue weighted by Crippen LogP contribution is 2.06. The first-order chi connectivity index (χ1) is 8.83. The highest BCUT2D eigenvalue weighted by Gasteiger charge is 2.14. The van der Waals surface area contributed by atoms with E-state index < -0.39 is 0 Å². The molecule has 0 fully saturated rings. The fraction of sp³-hybridized carbons (Fsp3) is 0.692. The zero-order valence-corrected chi connectivity index (χ0v) is 10.7. The largest absolute Gasteiger partial charge is 0.396 e. The number of nitrogens with one attached hydrogen (secondary N) is 1. The molecule has 2 heterocycles. The van der Waals surface area contributed by atoms with Gasteiger partial charge in [-0.15, -0.1) is 0 Å². The number of aliphatic hydroxyl groups is 1. The van der Waals surface area contributed by atoms with E-state index in [2.05, 4.69) is 10.3 Å². The molecule has 100 valence electrons. The number of hydrogen-bond acceptors (Lipinski definition) is 4. The molecule has 1 aromatic rings. The van der Waals surface area contributed by atoms with Gasteiger partial charge in [-0.2, -0.15) is 0 Å². The lowest BCUT2D eigenvalue weighted by molar-refractivity contribution is 0.282. The third-order valence-corrected chi connectivity index (χ3v) is 3.37. The second kappa shape index (κ2) is 6.66. The maximum atomic E-state index is 12.2. The summed E-state index contributed by atoms with van der Waals surface area (Å²) in [6, 6.07) is 0. The van der Waals surface area contributed by atoms with Gasteiger partial charge in [-0.1, -0.05) is 12.8 Å². The molecule has 0 saturated heterocycles. The summed E-state index contributed by atoms with van der Waals surface area (Å²) < 4.78 is 1.73. The van der Waals surface area contributed by atoms with E-state index in [0.717, 1.165) is 56.5 Å². The molecule has 2 N–H and O–H groups in total. The molecule has 5 nitrogen and oxygen atoms in total. The number of unbranched alkanes of at least 4 members (excludes halogenated alkanes) is 3. The summed E-state index contributed by atoms with van der Waals surface area (Å²) >= 11 is 0. The molecule has 0 amide bonds. The average Bonchev–Trinajstić information content (AvgIpc) is 2.41. The second-order valence-electron chi connectivity index (χ2n) is 4.73. The highest BCUT2D eigenvalue weighted by molar-refractivity contribution is 5.19. The van der Waals surface area contributed by atoms with E-state index in [0.29, 0.717) is 6.54 Å². The average molecular weight is 251 g/mol. The summed E-state index contributed by atoms with van der Waals surface area (Å²) in [5, 5.41) is 11.9. The van der Waals surface area contributed by atoms with E-state index in [1.807, 2.05) is 0 Å². The molecular weight excluding hydrogens is 230 g/mol. The van der Waals surface area contributed by atoms with Crippen molar-refractivity contribution >= 4 is 0 Å². The van der Waals surface area contributed by atoms with Crippen molar-refractivity contribution in [1.82, 2.24) is 14.9 Å². The summed E-state index contributed by atoms with van der Waals surface area (Å²) in [4.78, 5) is 16.5. The van der Waals surface area contributed by atoms with Gasteiger partial charge in [0.25, 0.3) is 5.56 Å². The van der Waals surface area contributed by atoms with Crippen LogP contribution in [-0.2, 0) is 19.5 Å². The predicted molar refractivity (Wildman–Crippen MR) is 69.5 cm³/mol. The summed E-state index contributed by atoms with van der Waals surface area (Å²) in [7, 11) is 0. The van der Waals surface area contributed by atoms with E-state index in [4.69, 9.17) is 5.11 Å². The van der Waals surface area contributed by atoms with Gasteiger partial charge in [0, 0.05) is 25.3 Å². The highest BCUT2D eigenvalue weighted by atomic mass is 16.2. The summed E-state index contributed by atoms with van der Waals surface area (Å²) in [6.07, 6.45) is 6.34. The standard InChI is InChI=1S/C13H21N3O2/c17-8-4-2-1-3-7-16-10-15-12-9-14-6-5-11(12)13(16)18/h10,14,17H,1-9H2. The molecule has 0 spiro atoms. The van der Waals surface area contributed by atoms with Gasteiger partial charge in [0.15, 0.2) is 0 Å². The molecule has 0 atom stereocenters. The van der Waals surface area contributed by atoms with Crippen molar-refractivity contribution in [3.63, 3.8) is 0 Å². The minimum atomic E-state index is 0.128. The van der Waals surface area contributed by atoms with Crippen LogP contribution < -0.4 is 10.9 Å². The third kappa shape index (κ3) is 3.17. The molecular formula is C13H21N3O2. The van der Waals surface area contributed by atoms with E-state index in [-0.39, 0.29) is 12.2 Å². The molecule has 18 heavy (non-hydrogen) atoms. The van der Waals surface area contributed by atoms with Crippen molar-refractivity contribution in [3.8, 4) is 0 Å². The Hall–Kier alpha value is -1.20. The van der Waals surface area contributed by atoms with Crippen LogP contribution in [0.25, 0.3) is 0 Å². The van der Waals surface area contributed by atoms with Gasteiger partial charge in [0.2, 0.25) is 0 Å². The maximum Gasteiger partial charge on any atom is 0.256 e. The number of fused-ring (bicyclic) bond motifs is 1. The number of rotatable bonds is 6. The van der Waals surface area contributed by atoms with E-state index in [9.17, 15) is 4.79 Å². The fourth-order valence-electron chi connectivity index (χ4n) is 2.30. The van der Waals surface area contributed by atoms with Crippen LogP contribution in [0.15, 0.2) is 11.1 Å². The molecule has 0 bridgehead atoms. The minimum Gasteiger partial charge on any atom is -0.396 e. The van der Waals surface area contributed by atoms with Crippen LogP contribution in [-0.4, -0.2) is 27.8 Å². The molecule has 0 aromatic carbocycles. The number of aromatic nitrogens is 2. The van der Waals surface area contributed by atoms with Gasteiger partial charge in [0.1, 0.15) is 0 Å². The number of hydrogen-bond donors (Lipinski definition) is 2. The van der Waals surface area contributed by atoms with Crippen molar-refractivity contribution in [2.75, 3.05) is 13.2 Å². The van der Waals surface area contributed by atoms with Gasteiger partial charge in [0.05, 0.1) is 12.0 Å². The van der Waals surface area contributed by atoms with Gasteiger partial charge in [-0.05, 0) is 25.8 Å². The molecule has 0 unspecified atom stereocenters. The normalized spacial score (nSPS) is 14.5. The summed E-state index contributed by atoms with van der Waals surface area (Å²) in [5.41, 5.74) is 1.91. The molecule has 1 aliphatic heterocycles. The summed E-state index contributed by atoms with van der Waals surface area (Å²) in [6.45, 7) is 2.57. The molecule has 1 aromatic heterocycles. The van der Waals surface area contributed by atoms with Crippen molar-refractivity contribution in [2.45, 2.75) is 45.2 Å². The third-order valence-electron chi connectivity index (χ3n) is 3.37. The summed E-state index contributed by atoms with van der Waals surface area (Å²) in [5.74, 6) is 0. The molecule has 0 aliphatic carbocycles. The molecule has 1 aliphatic rings. The SMILES string of the molecule is O=c1c2c(ncn1CCCCCCO)CNCC2. The molecule has 5 heteroatoms. The smallest absolute Gasteiger partial charge is 0.256 e.